The van der Waals surface area contributed by atoms with Crippen molar-refractivity contribution in [3.05, 3.63) is 60.6 Å². The van der Waals surface area contributed by atoms with Gasteiger partial charge in [0.2, 0.25) is 10.0 Å². The lowest BCUT2D eigenvalue weighted by atomic mass is 10.1. The van der Waals surface area contributed by atoms with Gasteiger partial charge in [0.05, 0.1) is 7.11 Å². The first-order chi connectivity index (χ1) is 12.7. The Morgan fingerprint density at radius 3 is 2.48 bits per heavy atom. The zero-order valence-electron chi connectivity index (χ0n) is 14.4. The van der Waals surface area contributed by atoms with Crippen LogP contribution in [0, 0.1) is 0 Å². The van der Waals surface area contributed by atoms with Crippen molar-refractivity contribution >= 4 is 15.7 Å². The molecular formula is C17H16F3N3O3S. The molecule has 0 saturated heterocycles. The number of hydrogen-bond acceptors (Lipinski definition) is 4. The molecule has 27 heavy (non-hydrogen) atoms. The van der Waals surface area contributed by atoms with Gasteiger partial charge in [0, 0.05) is 31.7 Å². The predicted octanol–water partition coefficient (Wildman–Crippen LogP) is 3.27. The number of pyridine rings is 1. The number of imidazole rings is 1. The number of fused-ring (bicyclic) bond motifs is 1. The molecule has 0 amide bonds. The fraction of sp³-hybridized carbons (Fsp3) is 0.235. The van der Waals surface area contributed by atoms with E-state index in [1.165, 1.54) is 54.4 Å². The molecule has 0 bridgehead atoms. The SMILES string of the molecule is COc1cc(S(=O)(=O)N(C)C(c2ccccc2)C(F)(F)F)cn2ccnc12. The van der Waals surface area contributed by atoms with Crippen molar-refractivity contribution in [2.45, 2.75) is 17.1 Å². The highest BCUT2D eigenvalue weighted by Gasteiger charge is 2.47. The number of sulfonamides is 1. The Balaban J connectivity index is 2.12. The highest BCUT2D eigenvalue weighted by Crippen LogP contribution is 2.40. The van der Waals surface area contributed by atoms with E-state index in [1.54, 1.807) is 6.07 Å². The third-order valence-electron chi connectivity index (χ3n) is 4.11. The minimum absolute atomic E-state index is 0.137. The summed E-state index contributed by atoms with van der Waals surface area (Å²) in [6.45, 7) is 0. The molecule has 0 saturated carbocycles. The van der Waals surface area contributed by atoms with Crippen LogP contribution in [0.4, 0.5) is 13.2 Å². The number of hydrogen-bond donors (Lipinski definition) is 0. The first-order valence-corrected chi connectivity index (χ1v) is 9.20. The van der Waals surface area contributed by atoms with Crippen LogP contribution in [0.25, 0.3) is 5.65 Å². The van der Waals surface area contributed by atoms with Gasteiger partial charge < -0.3 is 9.14 Å². The van der Waals surface area contributed by atoms with Crippen LogP contribution in [-0.2, 0) is 10.0 Å². The third-order valence-corrected chi connectivity index (χ3v) is 5.90. The van der Waals surface area contributed by atoms with E-state index in [0.29, 0.717) is 9.95 Å². The molecule has 0 radical (unpaired) electrons. The number of rotatable bonds is 5. The van der Waals surface area contributed by atoms with Gasteiger partial charge in [-0.3, -0.25) is 0 Å². The van der Waals surface area contributed by atoms with Crippen LogP contribution in [-0.4, -0.2) is 42.4 Å². The normalized spacial score (nSPS) is 13.9. The zero-order chi connectivity index (χ0) is 19.8. The standard InChI is InChI=1S/C17H16F3N3O3S/c1-22(15(17(18,19)20)12-6-4-3-5-7-12)27(24,25)13-10-14(26-2)16-21-8-9-23(16)11-13/h3-11,15H,1-2H3. The summed E-state index contributed by atoms with van der Waals surface area (Å²) in [5.41, 5.74) is 0.182. The highest BCUT2D eigenvalue weighted by atomic mass is 32.2. The first kappa shape index (κ1) is 19.2. The Hall–Kier alpha value is -2.59. The zero-order valence-corrected chi connectivity index (χ0v) is 15.2. The second-order valence-electron chi connectivity index (χ2n) is 5.78. The minimum Gasteiger partial charge on any atom is -0.493 e. The molecule has 144 valence electrons. The monoisotopic (exact) mass is 399 g/mol. The number of ether oxygens (including phenoxy) is 1. The smallest absolute Gasteiger partial charge is 0.409 e. The molecule has 1 atom stereocenters. The van der Waals surface area contributed by atoms with Crippen LogP contribution in [0.2, 0.25) is 0 Å². The van der Waals surface area contributed by atoms with Crippen molar-refractivity contribution in [2.24, 2.45) is 0 Å². The highest BCUT2D eigenvalue weighted by molar-refractivity contribution is 7.89. The number of alkyl halides is 3. The van der Waals surface area contributed by atoms with E-state index in [9.17, 15) is 21.6 Å². The molecule has 3 rings (SSSR count). The molecule has 3 aromatic rings. The lowest BCUT2D eigenvalue weighted by Gasteiger charge is -2.29. The quantitative estimate of drug-likeness (QED) is 0.661. The Bertz CT molecular complexity index is 1050. The Morgan fingerprint density at radius 2 is 1.89 bits per heavy atom. The van der Waals surface area contributed by atoms with Gasteiger partial charge in [0.1, 0.15) is 10.9 Å². The van der Waals surface area contributed by atoms with Gasteiger partial charge >= 0.3 is 6.18 Å². The molecule has 0 aliphatic carbocycles. The summed E-state index contributed by atoms with van der Waals surface area (Å²) in [5, 5.41) is 0. The number of methoxy groups -OCH3 is 1. The lowest BCUT2D eigenvalue weighted by molar-refractivity contribution is -0.171. The van der Waals surface area contributed by atoms with Crippen molar-refractivity contribution in [3.8, 4) is 5.75 Å². The molecule has 6 nitrogen and oxygen atoms in total. The molecule has 0 aliphatic heterocycles. The topological polar surface area (TPSA) is 63.9 Å². The first-order valence-electron chi connectivity index (χ1n) is 7.76. The maximum absolute atomic E-state index is 13.7. The van der Waals surface area contributed by atoms with Crippen LogP contribution in [0.1, 0.15) is 11.6 Å². The van der Waals surface area contributed by atoms with Crippen LogP contribution in [0.5, 0.6) is 5.75 Å². The molecule has 2 aromatic heterocycles. The summed E-state index contributed by atoms with van der Waals surface area (Å²) in [7, 11) is -2.25. The molecule has 0 N–H and O–H groups in total. The number of aromatic nitrogens is 2. The average Bonchev–Trinajstić information content (AvgIpc) is 3.09. The molecule has 10 heteroatoms. The van der Waals surface area contributed by atoms with E-state index in [0.717, 1.165) is 13.1 Å². The summed E-state index contributed by atoms with van der Waals surface area (Å²) in [5.74, 6) is 0.137. The van der Waals surface area contributed by atoms with E-state index in [1.807, 2.05) is 0 Å². The predicted molar refractivity (Wildman–Crippen MR) is 91.9 cm³/mol. The van der Waals surface area contributed by atoms with Gasteiger partial charge in [-0.2, -0.15) is 17.5 Å². The third kappa shape index (κ3) is 3.50. The maximum Gasteiger partial charge on any atom is 0.409 e. The second-order valence-corrected chi connectivity index (χ2v) is 7.78. The maximum atomic E-state index is 13.7. The summed E-state index contributed by atoms with van der Waals surface area (Å²) in [4.78, 5) is 3.69. The molecule has 2 heterocycles. The van der Waals surface area contributed by atoms with Gasteiger partial charge in [0.15, 0.2) is 11.4 Å². The van der Waals surface area contributed by atoms with Crippen molar-refractivity contribution in [3.63, 3.8) is 0 Å². The fourth-order valence-corrected chi connectivity index (χ4v) is 4.17. The number of halogens is 3. The molecule has 1 unspecified atom stereocenters. The van der Waals surface area contributed by atoms with Gasteiger partial charge in [-0.1, -0.05) is 30.3 Å². The van der Waals surface area contributed by atoms with E-state index < -0.39 is 22.2 Å². The van der Waals surface area contributed by atoms with E-state index in [4.69, 9.17) is 4.74 Å². The van der Waals surface area contributed by atoms with Crippen LogP contribution >= 0.6 is 0 Å². The molecule has 0 fully saturated rings. The Labute approximate surface area is 153 Å². The number of benzene rings is 1. The van der Waals surface area contributed by atoms with E-state index in [2.05, 4.69) is 4.98 Å². The summed E-state index contributed by atoms with van der Waals surface area (Å²) >= 11 is 0. The molecular weight excluding hydrogens is 383 g/mol. The van der Waals surface area contributed by atoms with Crippen molar-refractivity contribution < 1.29 is 26.3 Å². The van der Waals surface area contributed by atoms with Gasteiger partial charge in [-0.15, -0.1) is 0 Å². The minimum atomic E-state index is -4.80. The average molecular weight is 399 g/mol. The van der Waals surface area contributed by atoms with Gasteiger partial charge in [-0.25, -0.2) is 13.4 Å². The van der Waals surface area contributed by atoms with Crippen molar-refractivity contribution in [1.29, 1.82) is 0 Å². The fourth-order valence-electron chi connectivity index (χ4n) is 2.81. The van der Waals surface area contributed by atoms with Crippen LogP contribution in [0.3, 0.4) is 0 Å². The Kier molecular flexibility index (Phi) is 4.87. The summed E-state index contributed by atoms with van der Waals surface area (Å²) in [6.07, 6.45) is -0.683. The van der Waals surface area contributed by atoms with Crippen LogP contribution in [0.15, 0.2) is 59.9 Å². The van der Waals surface area contributed by atoms with Gasteiger partial charge in [0.25, 0.3) is 0 Å². The van der Waals surface area contributed by atoms with Gasteiger partial charge in [-0.05, 0) is 5.56 Å². The molecule has 0 aliphatic rings. The van der Waals surface area contributed by atoms with E-state index >= 15 is 0 Å². The molecule has 0 spiro atoms. The number of nitrogens with zero attached hydrogens (tertiary/aromatic N) is 3. The van der Waals surface area contributed by atoms with Crippen molar-refractivity contribution in [2.75, 3.05) is 14.2 Å². The van der Waals surface area contributed by atoms with Crippen molar-refractivity contribution in [1.82, 2.24) is 13.7 Å². The van der Waals surface area contributed by atoms with E-state index in [-0.39, 0.29) is 16.2 Å². The molecule has 1 aromatic carbocycles. The van der Waals surface area contributed by atoms with Crippen LogP contribution < -0.4 is 4.74 Å². The summed E-state index contributed by atoms with van der Waals surface area (Å²) in [6, 6.07) is 5.72. The second kappa shape index (κ2) is 6.86. The lowest BCUT2D eigenvalue weighted by Crippen LogP contribution is -2.39. The summed E-state index contributed by atoms with van der Waals surface area (Å²) < 4.78 is 73.9. The largest absolute Gasteiger partial charge is 0.493 e. The Morgan fingerprint density at radius 1 is 1.22 bits per heavy atom.